The van der Waals surface area contributed by atoms with E-state index >= 15 is 0 Å². The van der Waals surface area contributed by atoms with Crippen molar-refractivity contribution in [2.45, 2.75) is 44.1 Å². The molecule has 10 nitrogen and oxygen atoms in total. The molecule has 2 heterocycles. The Morgan fingerprint density at radius 1 is 1.17 bits per heavy atom. The lowest BCUT2D eigenvalue weighted by atomic mass is 9.91. The molecule has 3 N–H and O–H groups in total. The molecule has 0 aliphatic carbocycles. The van der Waals surface area contributed by atoms with E-state index in [-0.39, 0.29) is 30.8 Å². The number of nitrogens with one attached hydrogen (secondary N) is 2. The topological polar surface area (TPSA) is 123 Å². The fourth-order valence-corrected chi connectivity index (χ4v) is 4.92. The number of aliphatic hydroxyl groups excluding tert-OH is 1. The third-order valence-electron chi connectivity index (χ3n) is 5.84. The summed E-state index contributed by atoms with van der Waals surface area (Å²) in [4.78, 5) is 12.0. The monoisotopic (exact) mass is 498 g/mol. The molecule has 0 radical (unpaired) electrons. The highest BCUT2D eigenvalue weighted by Gasteiger charge is 2.38. The van der Waals surface area contributed by atoms with Crippen LogP contribution in [0.1, 0.15) is 42.9 Å². The highest BCUT2D eigenvalue weighted by atomic mass is 32.2. The Bertz CT molecular complexity index is 1130. The lowest BCUT2D eigenvalue weighted by Crippen LogP contribution is -2.38. The zero-order valence-corrected chi connectivity index (χ0v) is 20.7. The first-order valence-electron chi connectivity index (χ1n) is 11.5. The largest absolute Gasteiger partial charge is 0.392 e. The first kappa shape index (κ1) is 25.1. The molecule has 4 atom stereocenters. The number of benzene rings is 2. The summed E-state index contributed by atoms with van der Waals surface area (Å²) in [5.74, 6) is 0.675. The summed E-state index contributed by atoms with van der Waals surface area (Å²) >= 11 is 1.53. The zero-order chi connectivity index (χ0) is 24.8. The SMILES string of the molecule is CCNC(=O)Nc1cccc([C@H]2O[C@@H](CSc3nnnn3C)[C@@H](C)[C@@H](c3ccc(CO)cc3)O2)c1. The smallest absolute Gasteiger partial charge is 0.319 e. The Morgan fingerprint density at radius 3 is 2.66 bits per heavy atom. The molecular formula is C24H30N6O4S. The second kappa shape index (κ2) is 11.6. The van der Waals surface area contributed by atoms with Gasteiger partial charge in [0.25, 0.3) is 0 Å². The molecule has 1 aromatic heterocycles. The van der Waals surface area contributed by atoms with Gasteiger partial charge in [0, 0.05) is 36.5 Å². The van der Waals surface area contributed by atoms with Crippen molar-refractivity contribution < 1.29 is 19.4 Å². The van der Waals surface area contributed by atoms with Crippen LogP contribution in [0.15, 0.2) is 53.7 Å². The molecule has 4 rings (SSSR count). The van der Waals surface area contributed by atoms with Gasteiger partial charge in [-0.3, -0.25) is 0 Å². The Morgan fingerprint density at radius 2 is 1.97 bits per heavy atom. The lowest BCUT2D eigenvalue weighted by molar-refractivity contribution is -0.268. The van der Waals surface area contributed by atoms with Gasteiger partial charge in [0.1, 0.15) is 0 Å². The lowest BCUT2D eigenvalue weighted by Gasteiger charge is -2.41. The first-order valence-corrected chi connectivity index (χ1v) is 12.5. The van der Waals surface area contributed by atoms with E-state index in [1.807, 2.05) is 55.5 Å². The number of carbonyl (C=O) groups is 1. The van der Waals surface area contributed by atoms with Gasteiger partial charge < -0.3 is 25.2 Å². The maximum atomic E-state index is 12.0. The van der Waals surface area contributed by atoms with E-state index in [2.05, 4.69) is 33.1 Å². The first-order chi connectivity index (χ1) is 17.0. The quantitative estimate of drug-likeness (QED) is 0.404. The predicted octanol–water partition coefficient (Wildman–Crippen LogP) is 3.43. The van der Waals surface area contributed by atoms with E-state index in [0.29, 0.717) is 23.1 Å². The predicted molar refractivity (Wildman–Crippen MR) is 132 cm³/mol. The van der Waals surface area contributed by atoms with Crippen molar-refractivity contribution >= 4 is 23.5 Å². The zero-order valence-electron chi connectivity index (χ0n) is 19.9. The van der Waals surface area contributed by atoms with Gasteiger partial charge in [-0.25, -0.2) is 9.48 Å². The standard InChI is InChI=1S/C24H30N6O4S/c1-4-25-23(32)26-19-7-5-6-18(12-19)22-33-20(14-35-24-27-28-29-30(24)3)15(2)21(34-22)17-10-8-16(13-31)9-11-17/h5-12,15,20-22,31H,4,13-14H2,1-3H3,(H2,25,26,32)/t15-,20+,21+,22+/m1/s1. The van der Waals surface area contributed by atoms with Crippen LogP contribution in [-0.2, 0) is 23.1 Å². The number of hydrogen-bond acceptors (Lipinski definition) is 8. The van der Waals surface area contributed by atoms with Gasteiger partial charge in [-0.2, -0.15) is 0 Å². The number of hydrogen-bond donors (Lipinski definition) is 3. The van der Waals surface area contributed by atoms with Crippen molar-refractivity contribution in [3.63, 3.8) is 0 Å². The fourth-order valence-electron chi connectivity index (χ4n) is 3.91. The molecule has 1 aliphatic heterocycles. The Balaban J connectivity index is 1.58. The third-order valence-corrected chi connectivity index (χ3v) is 6.93. The van der Waals surface area contributed by atoms with Crippen molar-refractivity contribution in [2.75, 3.05) is 17.6 Å². The summed E-state index contributed by atoms with van der Waals surface area (Å²) < 4.78 is 14.5. The van der Waals surface area contributed by atoms with Crippen LogP contribution >= 0.6 is 11.8 Å². The van der Waals surface area contributed by atoms with E-state index in [1.54, 1.807) is 11.7 Å². The van der Waals surface area contributed by atoms with Crippen molar-refractivity contribution in [1.82, 2.24) is 25.5 Å². The molecule has 1 fully saturated rings. The van der Waals surface area contributed by atoms with Crippen LogP contribution in [0, 0.1) is 5.92 Å². The molecule has 0 unspecified atom stereocenters. The molecule has 186 valence electrons. The average molecular weight is 499 g/mol. The number of urea groups is 1. The highest BCUT2D eigenvalue weighted by Crippen LogP contribution is 2.43. The van der Waals surface area contributed by atoms with Crippen molar-refractivity contribution in [3.8, 4) is 0 Å². The van der Waals surface area contributed by atoms with Crippen LogP contribution < -0.4 is 10.6 Å². The van der Waals surface area contributed by atoms with E-state index in [9.17, 15) is 9.90 Å². The third kappa shape index (κ3) is 6.17. The van der Waals surface area contributed by atoms with E-state index < -0.39 is 6.29 Å². The Hall–Kier alpha value is -2.99. The summed E-state index contributed by atoms with van der Waals surface area (Å²) in [6.45, 7) is 4.50. The molecule has 2 amide bonds. The minimum absolute atomic E-state index is 0.0104. The normalized spacial score (nSPS) is 22.1. The van der Waals surface area contributed by atoms with Gasteiger partial charge in [0.05, 0.1) is 18.8 Å². The van der Waals surface area contributed by atoms with Crippen LogP contribution in [0.2, 0.25) is 0 Å². The second-order valence-electron chi connectivity index (χ2n) is 8.33. The van der Waals surface area contributed by atoms with Crippen molar-refractivity contribution in [1.29, 1.82) is 0 Å². The van der Waals surface area contributed by atoms with Crippen LogP contribution in [0.3, 0.4) is 0 Å². The number of anilines is 1. The average Bonchev–Trinajstić information content (AvgIpc) is 3.28. The van der Waals surface area contributed by atoms with Gasteiger partial charge >= 0.3 is 6.03 Å². The van der Waals surface area contributed by atoms with Crippen molar-refractivity contribution in [2.24, 2.45) is 13.0 Å². The molecular weight excluding hydrogens is 468 g/mol. The number of ether oxygens (including phenoxy) is 2. The number of amides is 2. The molecule has 35 heavy (non-hydrogen) atoms. The number of carbonyl (C=O) groups excluding carboxylic acids is 1. The number of nitrogens with zero attached hydrogens (tertiary/aromatic N) is 4. The fraction of sp³-hybridized carbons (Fsp3) is 0.417. The summed E-state index contributed by atoms with van der Waals surface area (Å²) in [5, 5.41) is 27.4. The summed E-state index contributed by atoms with van der Waals surface area (Å²) in [7, 11) is 1.80. The van der Waals surface area contributed by atoms with Crippen molar-refractivity contribution in [3.05, 3.63) is 65.2 Å². The highest BCUT2D eigenvalue weighted by molar-refractivity contribution is 7.99. The Labute approximate surface area is 208 Å². The summed E-state index contributed by atoms with van der Waals surface area (Å²) in [5.41, 5.74) is 3.31. The number of rotatable bonds is 8. The molecule has 3 aromatic rings. The van der Waals surface area contributed by atoms with Crippen LogP contribution in [-0.4, -0.2) is 49.7 Å². The van der Waals surface area contributed by atoms with Gasteiger partial charge in [0.2, 0.25) is 5.16 Å². The minimum Gasteiger partial charge on any atom is -0.392 e. The number of thioether (sulfide) groups is 1. The molecule has 0 bridgehead atoms. The van der Waals surface area contributed by atoms with E-state index in [0.717, 1.165) is 16.7 Å². The van der Waals surface area contributed by atoms with E-state index in [1.165, 1.54) is 11.8 Å². The summed E-state index contributed by atoms with van der Waals surface area (Å²) in [6.07, 6.45) is -1.02. The minimum atomic E-state index is -0.632. The molecule has 1 aliphatic rings. The number of aliphatic hydroxyl groups is 1. The van der Waals surface area contributed by atoms with Crippen LogP contribution in [0.4, 0.5) is 10.5 Å². The van der Waals surface area contributed by atoms with Crippen LogP contribution in [0.25, 0.3) is 0 Å². The number of tetrazole rings is 1. The molecule has 0 saturated carbocycles. The summed E-state index contributed by atoms with van der Waals surface area (Å²) in [6, 6.07) is 15.0. The molecule has 2 aromatic carbocycles. The van der Waals surface area contributed by atoms with Crippen LogP contribution in [0.5, 0.6) is 0 Å². The van der Waals surface area contributed by atoms with Gasteiger partial charge in [-0.1, -0.05) is 55.1 Å². The van der Waals surface area contributed by atoms with E-state index in [4.69, 9.17) is 9.47 Å². The molecule has 0 spiro atoms. The maximum Gasteiger partial charge on any atom is 0.319 e. The number of aromatic nitrogens is 4. The van der Waals surface area contributed by atoms with Gasteiger partial charge in [-0.15, -0.1) is 5.10 Å². The Kier molecular flexibility index (Phi) is 8.34. The molecule has 11 heteroatoms. The molecule has 1 saturated heterocycles. The second-order valence-corrected chi connectivity index (χ2v) is 9.32. The van der Waals surface area contributed by atoms with Gasteiger partial charge in [0.15, 0.2) is 6.29 Å². The number of aryl methyl sites for hydroxylation is 1. The van der Waals surface area contributed by atoms with Gasteiger partial charge in [-0.05, 0) is 40.6 Å². The maximum absolute atomic E-state index is 12.0.